The van der Waals surface area contributed by atoms with Crippen molar-refractivity contribution < 1.29 is 48.1 Å². The van der Waals surface area contributed by atoms with Gasteiger partial charge in [0.15, 0.2) is 12.6 Å². The van der Waals surface area contributed by atoms with Crippen LogP contribution in [0.2, 0.25) is 0 Å². The second-order valence-electron chi connectivity index (χ2n) is 13.2. The van der Waals surface area contributed by atoms with Crippen LogP contribution in [0.3, 0.4) is 0 Å². The Bertz CT molecular complexity index is 1750. The lowest BCUT2D eigenvalue weighted by molar-refractivity contribution is -0.371. The molecule has 13 heteroatoms. The van der Waals surface area contributed by atoms with E-state index < -0.39 is 61.0 Å². The van der Waals surface area contributed by atoms with Gasteiger partial charge in [0, 0.05) is 4.91 Å². The maximum absolute atomic E-state index is 11.7. The Morgan fingerprint density at radius 2 is 1.17 bits per heavy atom. The van der Waals surface area contributed by atoms with Gasteiger partial charge in [0.2, 0.25) is 5.72 Å². The Balaban J connectivity index is 1.24. The number of benzene rings is 4. The highest BCUT2D eigenvalue weighted by molar-refractivity contribution is 5.17. The van der Waals surface area contributed by atoms with E-state index in [1.54, 1.807) is 0 Å². The van der Waals surface area contributed by atoms with Gasteiger partial charge in [0.25, 0.3) is 0 Å². The van der Waals surface area contributed by atoms with Gasteiger partial charge in [-0.25, -0.2) is 0 Å². The monoisotopic (exact) mass is 725 g/mol. The first kappa shape index (κ1) is 37.1. The van der Waals surface area contributed by atoms with Gasteiger partial charge in [-0.2, -0.15) is 0 Å². The molecule has 4 aromatic rings. The molecule has 10 atom stereocenters. The predicted molar refractivity (Wildman–Crippen MR) is 189 cm³/mol. The van der Waals surface area contributed by atoms with Crippen molar-refractivity contribution in [3.05, 3.63) is 154 Å². The molecule has 3 saturated heterocycles. The van der Waals surface area contributed by atoms with E-state index in [2.05, 4.69) is 10.0 Å². The first-order valence-corrected chi connectivity index (χ1v) is 17.6. The minimum Gasteiger partial charge on any atom is -0.387 e. The van der Waals surface area contributed by atoms with Gasteiger partial charge in [0.1, 0.15) is 42.7 Å². The van der Waals surface area contributed by atoms with Crippen molar-refractivity contribution in [1.29, 1.82) is 0 Å². The highest BCUT2D eigenvalue weighted by Gasteiger charge is 2.62. The van der Waals surface area contributed by atoms with Gasteiger partial charge < -0.3 is 48.1 Å². The topological polar surface area (TPSA) is 163 Å². The standard InChI is InChI=1S/C40H43N3O10/c41-43-42-40(45)37(33(44)31-26-50-39(40)52-31)53-38-36(49-24-30-19-11-4-12-20-30)35(48-23-29-17-9-3-10-18-29)34(47-22-28-15-7-2-8-16-28)32(51-38)25-46-21-27-13-5-1-6-14-27/h1-20,31-39,44-45H,21-26H2/t31-,32-,33-,34-,35+,36-,37+,38-,39-,40-/m1/s1. The molecule has 7 rings (SSSR count). The molecule has 13 nitrogen and oxygen atoms in total. The molecule has 0 saturated carbocycles. The van der Waals surface area contributed by atoms with Crippen LogP contribution in [0, 0.1) is 0 Å². The molecule has 0 unspecified atom stereocenters. The van der Waals surface area contributed by atoms with Gasteiger partial charge in [-0.3, -0.25) is 0 Å². The third-order valence-corrected chi connectivity index (χ3v) is 9.49. The molecule has 0 aromatic heterocycles. The Hall–Kier alpha value is -4.21. The average molecular weight is 726 g/mol. The summed E-state index contributed by atoms with van der Waals surface area (Å²) < 4.78 is 50.7. The average Bonchev–Trinajstić information content (AvgIpc) is 3.68. The van der Waals surface area contributed by atoms with E-state index in [-0.39, 0.29) is 33.0 Å². The van der Waals surface area contributed by atoms with Crippen molar-refractivity contribution in [3.63, 3.8) is 0 Å². The van der Waals surface area contributed by atoms with E-state index in [9.17, 15) is 15.7 Å². The smallest absolute Gasteiger partial charge is 0.223 e. The Kier molecular flexibility index (Phi) is 12.4. The lowest BCUT2D eigenvalue weighted by Crippen LogP contribution is -2.67. The van der Waals surface area contributed by atoms with E-state index in [1.807, 2.05) is 121 Å². The van der Waals surface area contributed by atoms with Crippen molar-refractivity contribution in [2.24, 2.45) is 5.11 Å². The van der Waals surface area contributed by atoms with E-state index >= 15 is 0 Å². The molecule has 4 aromatic carbocycles. The van der Waals surface area contributed by atoms with Crippen LogP contribution in [-0.2, 0) is 64.3 Å². The molecule has 3 aliphatic rings. The maximum Gasteiger partial charge on any atom is 0.223 e. The molecule has 278 valence electrons. The van der Waals surface area contributed by atoms with Gasteiger partial charge in [-0.1, -0.05) is 126 Å². The Morgan fingerprint density at radius 1 is 0.679 bits per heavy atom. The predicted octanol–water partition coefficient (Wildman–Crippen LogP) is 5.18. The fourth-order valence-electron chi connectivity index (χ4n) is 6.76. The third-order valence-electron chi connectivity index (χ3n) is 9.49. The summed E-state index contributed by atoms with van der Waals surface area (Å²) in [6.45, 7) is 0.913. The second kappa shape index (κ2) is 17.7. The van der Waals surface area contributed by atoms with E-state index in [1.165, 1.54) is 0 Å². The first-order chi connectivity index (χ1) is 26.0. The zero-order valence-corrected chi connectivity index (χ0v) is 29.0. The summed E-state index contributed by atoms with van der Waals surface area (Å²) >= 11 is 0. The van der Waals surface area contributed by atoms with Crippen molar-refractivity contribution in [3.8, 4) is 0 Å². The van der Waals surface area contributed by atoms with Gasteiger partial charge in [0.05, 0.1) is 39.6 Å². The number of fused-ring (bicyclic) bond motifs is 2. The summed E-state index contributed by atoms with van der Waals surface area (Å²) in [6.07, 6.45) is -9.85. The first-order valence-electron chi connectivity index (χ1n) is 17.6. The van der Waals surface area contributed by atoms with Crippen LogP contribution in [0.1, 0.15) is 22.3 Å². The number of hydrogen-bond donors (Lipinski definition) is 2. The highest BCUT2D eigenvalue weighted by atomic mass is 16.8. The molecule has 2 N–H and O–H groups in total. The van der Waals surface area contributed by atoms with E-state index in [4.69, 9.17) is 37.9 Å². The van der Waals surface area contributed by atoms with Gasteiger partial charge >= 0.3 is 0 Å². The summed E-state index contributed by atoms with van der Waals surface area (Å²) in [6, 6.07) is 38.8. The maximum atomic E-state index is 11.7. The summed E-state index contributed by atoms with van der Waals surface area (Å²) in [4.78, 5) is 2.84. The number of aliphatic hydroxyl groups is 2. The zero-order chi connectivity index (χ0) is 36.5. The molecule has 3 fully saturated rings. The minimum absolute atomic E-state index is 0.0391. The molecule has 0 aliphatic carbocycles. The minimum atomic E-state index is -2.44. The number of nitrogens with zero attached hydrogens (tertiary/aromatic N) is 3. The second-order valence-corrected chi connectivity index (χ2v) is 13.2. The quantitative estimate of drug-likeness (QED) is 0.0894. The van der Waals surface area contributed by atoms with E-state index in [0.717, 1.165) is 22.3 Å². The normalized spacial score (nSPS) is 30.8. The fourth-order valence-corrected chi connectivity index (χ4v) is 6.76. The molecular weight excluding hydrogens is 682 g/mol. The highest BCUT2D eigenvalue weighted by Crippen LogP contribution is 2.41. The van der Waals surface area contributed by atoms with Crippen molar-refractivity contribution >= 4 is 0 Å². The summed E-state index contributed by atoms with van der Waals surface area (Å²) in [7, 11) is 0. The molecular formula is C40H43N3O10. The molecule has 53 heavy (non-hydrogen) atoms. The largest absolute Gasteiger partial charge is 0.387 e. The number of rotatable bonds is 16. The molecule has 3 aliphatic heterocycles. The lowest BCUT2D eigenvalue weighted by Gasteiger charge is -2.49. The number of hydrogen-bond acceptors (Lipinski definition) is 11. The van der Waals surface area contributed by atoms with Crippen LogP contribution in [0.15, 0.2) is 126 Å². The van der Waals surface area contributed by atoms with E-state index in [0.29, 0.717) is 6.61 Å². The third kappa shape index (κ3) is 8.95. The Labute approximate surface area is 307 Å². The van der Waals surface area contributed by atoms with Gasteiger partial charge in [-0.15, -0.1) is 0 Å². The van der Waals surface area contributed by atoms with Crippen molar-refractivity contribution in [1.82, 2.24) is 0 Å². The lowest BCUT2D eigenvalue weighted by atomic mass is 9.94. The van der Waals surface area contributed by atoms with Crippen LogP contribution < -0.4 is 0 Å². The zero-order valence-electron chi connectivity index (χ0n) is 29.0. The molecule has 2 bridgehead atoms. The van der Waals surface area contributed by atoms with Crippen molar-refractivity contribution in [2.75, 3.05) is 13.2 Å². The fraction of sp³-hybridized carbons (Fsp3) is 0.400. The summed E-state index contributed by atoms with van der Waals surface area (Å²) in [5.74, 6) is 0. The number of ether oxygens (including phenoxy) is 8. The molecule has 0 radical (unpaired) electrons. The SMILES string of the molecule is [N-]=[N+]=N[C@]1(O)[C@@H]2OC[C@@H](O2)[C@@H](O)[C@@H]1O[C@H]1O[C@H](COCc2ccccc2)[C@@H](OCc2ccccc2)[C@H](OCc2ccccc2)[C@H]1OCc1ccccc1. The molecule has 0 amide bonds. The molecule has 0 spiro atoms. The number of aliphatic hydroxyl groups excluding tert-OH is 1. The number of azide groups is 1. The summed E-state index contributed by atoms with van der Waals surface area (Å²) in [5, 5.41) is 26.7. The summed E-state index contributed by atoms with van der Waals surface area (Å²) in [5.41, 5.74) is 10.7. The van der Waals surface area contributed by atoms with Crippen LogP contribution >= 0.6 is 0 Å². The molecule has 3 heterocycles. The van der Waals surface area contributed by atoms with Crippen LogP contribution in [0.5, 0.6) is 0 Å². The van der Waals surface area contributed by atoms with Crippen molar-refractivity contribution in [2.45, 2.75) is 87.5 Å². The van der Waals surface area contributed by atoms with Crippen LogP contribution in [0.25, 0.3) is 10.4 Å². The van der Waals surface area contributed by atoms with Crippen LogP contribution in [-0.4, -0.2) is 84.5 Å². The van der Waals surface area contributed by atoms with Crippen LogP contribution in [0.4, 0.5) is 0 Å². The Morgan fingerprint density at radius 3 is 1.70 bits per heavy atom. The van der Waals surface area contributed by atoms with Gasteiger partial charge in [-0.05, 0) is 27.8 Å².